The molecule has 3 N–H and O–H groups in total. The lowest BCUT2D eigenvalue weighted by molar-refractivity contribution is -0.120. The third kappa shape index (κ3) is 3.88. The number of thiazole rings is 1. The van der Waals surface area contributed by atoms with Crippen molar-refractivity contribution in [2.75, 3.05) is 5.32 Å². The van der Waals surface area contributed by atoms with Crippen molar-refractivity contribution in [3.05, 3.63) is 11.1 Å². The van der Waals surface area contributed by atoms with Crippen LogP contribution in [0.2, 0.25) is 0 Å². The Morgan fingerprint density at radius 1 is 1.50 bits per heavy atom. The Morgan fingerprint density at radius 2 is 2.06 bits per heavy atom. The first-order chi connectivity index (χ1) is 6.80. The van der Waals surface area contributed by atoms with Crippen molar-refractivity contribution in [3.63, 3.8) is 0 Å². The Balaban J connectivity index is 0.00000225. The summed E-state index contributed by atoms with van der Waals surface area (Å²) in [7, 11) is 0. The molecule has 16 heavy (non-hydrogen) atoms. The number of hydrogen-bond acceptors (Lipinski definition) is 5. The van der Waals surface area contributed by atoms with Gasteiger partial charge in [-0.15, -0.1) is 12.4 Å². The first-order valence-electron chi connectivity index (χ1n) is 4.38. The third-order valence-corrected chi connectivity index (χ3v) is 2.67. The van der Waals surface area contributed by atoms with Crippen LogP contribution < -0.4 is 11.1 Å². The molecular formula is C9H14ClN3O2S. The van der Waals surface area contributed by atoms with E-state index in [2.05, 4.69) is 10.3 Å². The summed E-state index contributed by atoms with van der Waals surface area (Å²) in [5.74, 6) is -0.396. The number of nitrogens with zero attached hydrogens (tertiary/aromatic N) is 1. The number of nitrogens with one attached hydrogen (secondary N) is 1. The predicted molar refractivity (Wildman–Crippen MR) is 66.3 cm³/mol. The second-order valence-electron chi connectivity index (χ2n) is 3.76. The van der Waals surface area contributed by atoms with Crippen LogP contribution in [0.25, 0.3) is 0 Å². The van der Waals surface area contributed by atoms with Gasteiger partial charge < -0.3 is 11.1 Å². The number of halogens is 1. The average molecular weight is 264 g/mol. The van der Waals surface area contributed by atoms with E-state index in [1.807, 2.05) is 0 Å². The smallest absolute Gasteiger partial charge is 0.245 e. The Labute approximate surface area is 104 Å². The molecule has 0 atom stereocenters. The summed E-state index contributed by atoms with van der Waals surface area (Å²) < 4.78 is 0. The van der Waals surface area contributed by atoms with Crippen molar-refractivity contribution in [2.45, 2.75) is 26.3 Å². The molecular weight excluding hydrogens is 250 g/mol. The summed E-state index contributed by atoms with van der Waals surface area (Å²) in [5.41, 5.74) is 4.64. The minimum atomic E-state index is -0.956. The van der Waals surface area contributed by atoms with E-state index in [0.29, 0.717) is 10.0 Å². The number of ketones is 1. The van der Waals surface area contributed by atoms with Crippen LogP contribution in [-0.4, -0.2) is 22.2 Å². The van der Waals surface area contributed by atoms with Gasteiger partial charge in [0.2, 0.25) is 5.91 Å². The van der Waals surface area contributed by atoms with Gasteiger partial charge in [0.15, 0.2) is 10.9 Å². The number of nitrogens with two attached hydrogens (primary N) is 1. The fourth-order valence-corrected chi connectivity index (χ4v) is 1.46. The van der Waals surface area contributed by atoms with Crippen LogP contribution >= 0.6 is 23.7 Å². The highest BCUT2D eigenvalue weighted by atomic mass is 35.5. The minimum Gasteiger partial charge on any atom is -0.318 e. The van der Waals surface area contributed by atoms with E-state index >= 15 is 0 Å². The second kappa shape index (κ2) is 5.38. The summed E-state index contributed by atoms with van der Waals surface area (Å²) in [4.78, 5) is 26.8. The Bertz CT molecular complexity index is 398. The fourth-order valence-electron chi connectivity index (χ4n) is 0.753. The highest BCUT2D eigenvalue weighted by molar-refractivity contribution is 7.17. The number of aromatic nitrogens is 1. The number of amides is 1. The standard InChI is InChI=1S/C9H13N3O2S.ClH/c1-5(13)6-4-11-8(15-6)12-7(14)9(2,3)10;/h4H,10H2,1-3H3,(H,11,12,14);1H. The molecule has 0 aliphatic heterocycles. The van der Waals surface area contributed by atoms with Gasteiger partial charge in [-0.2, -0.15) is 0 Å². The van der Waals surface area contributed by atoms with E-state index in [9.17, 15) is 9.59 Å². The lowest BCUT2D eigenvalue weighted by Crippen LogP contribution is -2.45. The number of hydrogen-bond donors (Lipinski definition) is 2. The van der Waals surface area contributed by atoms with Crippen molar-refractivity contribution in [2.24, 2.45) is 5.73 Å². The normalized spacial score (nSPS) is 10.5. The second-order valence-corrected chi connectivity index (χ2v) is 4.79. The Kier molecular flexibility index (Phi) is 5.05. The van der Waals surface area contributed by atoms with Crippen molar-refractivity contribution < 1.29 is 9.59 Å². The van der Waals surface area contributed by atoms with Crippen LogP contribution in [0.3, 0.4) is 0 Å². The molecule has 5 nitrogen and oxygen atoms in total. The highest BCUT2D eigenvalue weighted by Crippen LogP contribution is 2.19. The molecule has 0 spiro atoms. The molecule has 7 heteroatoms. The molecule has 1 aromatic rings. The minimum absolute atomic E-state index is 0. The molecule has 1 rings (SSSR count). The maximum atomic E-state index is 11.5. The predicted octanol–water partition coefficient (Wildman–Crippen LogP) is 1.44. The molecule has 0 fully saturated rings. The topological polar surface area (TPSA) is 85.1 Å². The van der Waals surface area contributed by atoms with Gasteiger partial charge in [-0.1, -0.05) is 11.3 Å². The van der Waals surface area contributed by atoms with Crippen molar-refractivity contribution in [1.29, 1.82) is 0 Å². The molecule has 1 heterocycles. The van der Waals surface area contributed by atoms with Gasteiger partial charge in [0.1, 0.15) is 0 Å². The SMILES string of the molecule is CC(=O)c1cnc(NC(=O)C(C)(C)N)s1.Cl. The first-order valence-corrected chi connectivity index (χ1v) is 5.19. The molecule has 0 bridgehead atoms. The zero-order chi connectivity index (χ0) is 11.6. The van der Waals surface area contributed by atoms with Gasteiger partial charge in [-0.05, 0) is 13.8 Å². The summed E-state index contributed by atoms with van der Waals surface area (Å²) in [6.07, 6.45) is 1.44. The maximum absolute atomic E-state index is 11.5. The van der Waals surface area contributed by atoms with Crippen LogP contribution in [0.1, 0.15) is 30.4 Å². The van der Waals surface area contributed by atoms with E-state index in [-0.39, 0.29) is 24.1 Å². The lowest BCUT2D eigenvalue weighted by atomic mass is 10.1. The molecule has 90 valence electrons. The maximum Gasteiger partial charge on any atom is 0.245 e. The number of anilines is 1. The monoisotopic (exact) mass is 263 g/mol. The van der Waals surface area contributed by atoms with Crippen LogP contribution in [0.4, 0.5) is 5.13 Å². The van der Waals surface area contributed by atoms with Crippen LogP contribution in [0.15, 0.2) is 6.20 Å². The Morgan fingerprint density at radius 3 is 2.44 bits per heavy atom. The number of Topliss-reactive ketones (excluding diaryl/α,β-unsaturated/α-hetero) is 1. The quantitative estimate of drug-likeness (QED) is 0.808. The zero-order valence-electron chi connectivity index (χ0n) is 9.23. The highest BCUT2D eigenvalue weighted by Gasteiger charge is 2.22. The van der Waals surface area contributed by atoms with Gasteiger partial charge >= 0.3 is 0 Å². The van der Waals surface area contributed by atoms with Gasteiger partial charge in [0, 0.05) is 6.92 Å². The molecule has 0 radical (unpaired) electrons. The van der Waals surface area contributed by atoms with E-state index in [0.717, 1.165) is 11.3 Å². The van der Waals surface area contributed by atoms with Crippen molar-refractivity contribution >= 4 is 40.6 Å². The summed E-state index contributed by atoms with van der Waals surface area (Å²) >= 11 is 1.14. The summed E-state index contributed by atoms with van der Waals surface area (Å²) in [6, 6.07) is 0. The molecule has 0 saturated carbocycles. The molecule has 1 aromatic heterocycles. The lowest BCUT2D eigenvalue weighted by Gasteiger charge is -2.16. The molecule has 1 amide bonds. The molecule has 0 aromatic carbocycles. The molecule has 0 aliphatic rings. The van der Waals surface area contributed by atoms with E-state index < -0.39 is 5.54 Å². The van der Waals surface area contributed by atoms with Crippen molar-refractivity contribution in [3.8, 4) is 0 Å². The Hall–Kier alpha value is -0.980. The van der Waals surface area contributed by atoms with E-state index in [4.69, 9.17) is 5.73 Å². The summed E-state index contributed by atoms with van der Waals surface area (Å²) in [5, 5.41) is 2.94. The van der Waals surface area contributed by atoms with Gasteiger partial charge in [-0.25, -0.2) is 4.98 Å². The van der Waals surface area contributed by atoms with Gasteiger partial charge in [0.05, 0.1) is 16.6 Å². The van der Waals surface area contributed by atoms with Crippen LogP contribution in [-0.2, 0) is 4.79 Å². The van der Waals surface area contributed by atoms with Crippen molar-refractivity contribution in [1.82, 2.24) is 4.98 Å². The first kappa shape index (κ1) is 15.0. The largest absolute Gasteiger partial charge is 0.318 e. The fraction of sp³-hybridized carbons (Fsp3) is 0.444. The van der Waals surface area contributed by atoms with E-state index in [1.54, 1.807) is 13.8 Å². The molecule has 0 saturated heterocycles. The molecule has 0 aliphatic carbocycles. The average Bonchev–Trinajstić information content (AvgIpc) is 2.50. The zero-order valence-corrected chi connectivity index (χ0v) is 10.9. The van der Waals surface area contributed by atoms with Gasteiger partial charge in [-0.3, -0.25) is 9.59 Å². The van der Waals surface area contributed by atoms with E-state index in [1.165, 1.54) is 13.1 Å². The molecule has 0 unspecified atom stereocenters. The van der Waals surface area contributed by atoms with Crippen LogP contribution in [0, 0.1) is 0 Å². The third-order valence-electron chi connectivity index (χ3n) is 1.66. The van der Waals surface area contributed by atoms with Gasteiger partial charge in [0.25, 0.3) is 0 Å². The number of carbonyl (C=O) groups excluding carboxylic acids is 2. The number of rotatable bonds is 3. The number of carbonyl (C=O) groups is 2. The summed E-state index contributed by atoms with van der Waals surface area (Å²) in [6.45, 7) is 4.65. The van der Waals surface area contributed by atoms with Crippen LogP contribution in [0.5, 0.6) is 0 Å².